The van der Waals surface area contributed by atoms with Gasteiger partial charge in [0.25, 0.3) is 5.91 Å². The zero-order valence-electron chi connectivity index (χ0n) is 16.3. The third-order valence-corrected chi connectivity index (χ3v) is 5.67. The summed E-state index contributed by atoms with van der Waals surface area (Å²) in [5.74, 6) is 0.570. The van der Waals surface area contributed by atoms with Crippen molar-refractivity contribution in [3.63, 3.8) is 0 Å². The van der Waals surface area contributed by atoms with E-state index in [2.05, 4.69) is 13.8 Å². The minimum Gasteiger partial charge on any atom is -0.494 e. The second kappa shape index (κ2) is 11.2. The molecule has 0 spiro atoms. The molecule has 0 atom stereocenters. The van der Waals surface area contributed by atoms with Crippen molar-refractivity contribution in [3.8, 4) is 5.75 Å². The minimum atomic E-state index is -0.787. The third-order valence-electron chi connectivity index (χ3n) is 4.29. The zero-order chi connectivity index (χ0) is 20.5. The average Bonchev–Trinajstić information content (AvgIpc) is 2.89. The molecule has 7 heteroatoms. The Kier molecular flexibility index (Phi) is 8.99. The predicted octanol–water partition coefficient (Wildman–Crippen LogP) is 4.96. The molecule has 1 aromatic rings. The highest BCUT2D eigenvalue weighted by atomic mass is 32.2. The van der Waals surface area contributed by atoms with Crippen molar-refractivity contribution in [1.82, 2.24) is 4.90 Å². The molecule has 152 valence electrons. The number of rotatable bonds is 11. The van der Waals surface area contributed by atoms with Crippen LogP contribution in [-0.2, 0) is 9.59 Å². The molecule has 0 bridgehead atoms. The van der Waals surface area contributed by atoms with Crippen molar-refractivity contribution in [2.75, 3.05) is 13.2 Å². The number of hydrogen-bond donors (Lipinski definition) is 1. The first-order chi connectivity index (χ1) is 13.4. The SMILES string of the molecule is CC(C)CCOc1ccc(/C=C2/SC(=S)N(CCCCCC(=O)O)C2=O)cc1. The summed E-state index contributed by atoms with van der Waals surface area (Å²) in [6, 6.07) is 7.69. The molecule has 2 rings (SSSR count). The second-order valence-corrected chi connectivity index (χ2v) is 8.81. The number of carboxylic acid groups (broad SMARTS) is 1. The lowest BCUT2D eigenvalue weighted by molar-refractivity contribution is -0.137. The maximum Gasteiger partial charge on any atom is 0.303 e. The smallest absolute Gasteiger partial charge is 0.303 e. The molecule has 1 saturated heterocycles. The fraction of sp³-hybridized carbons (Fsp3) is 0.476. The number of carbonyl (C=O) groups is 2. The lowest BCUT2D eigenvalue weighted by Gasteiger charge is -2.13. The number of amides is 1. The van der Waals surface area contributed by atoms with E-state index < -0.39 is 5.97 Å². The molecule has 0 unspecified atom stereocenters. The van der Waals surface area contributed by atoms with Gasteiger partial charge in [0.05, 0.1) is 11.5 Å². The number of nitrogens with zero attached hydrogens (tertiary/aromatic N) is 1. The van der Waals surface area contributed by atoms with Gasteiger partial charge in [-0.1, -0.05) is 56.4 Å². The van der Waals surface area contributed by atoms with E-state index in [9.17, 15) is 9.59 Å². The Morgan fingerprint density at radius 3 is 2.61 bits per heavy atom. The first-order valence-corrected chi connectivity index (χ1v) is 10.8. The first-order valence-electron chi connectivity index (χ1n) is 9.57. The van der Waals surface area contributed by atoms with Crippen molar-refractivity contribution in [1.29, 1.82) is 0 Å². The molecular weight excluding hydrogens is 394 g/mol. The summed E-state index contributed by atoms with van der Waals surface area (Å²) >= 11 is 6.64. The van der Waals surface area contributed by atoms with Gasteiger partial charge in [-0.25, -0.2) is 0 Å². The van der Waals surface area contributed by atoms with Crippen LogP contribution in [0, 0.1) is 5.92 Å². The summed E-state index contributed by atoms with van der Waals surface area (Å²) < 4.78 is 6.28. The number of thiocarbonyl (C=S) groups is 1. The fourth-order valence-corrected chi connectivity index (χ4v) is 3.95. The standard InChI is InChI=1S/C21H27NO4S2/c1-15(2)11-13-26-17-9-7-16(8-10-17)14-18-20(25)22(21(27)28-18)12-5-3-4-6-19(23)24/h7-10,14-15H,3-6,11-13H2,1-2H3,(H,23,24)/b18-14+. The van der Waals surface area contributed by atoms with Crippen LogP contribution in [0.5, 0.6) is 5.75 Å². The third kappa shape index (κ3) is 7.28. The van der Waals surface area contributed by atoms with Crippen LogP contribution in [0.2, 0.25) is 0 Å². The van der Waals surface area contributed by atoms with Gasteiger partial charge in [-0.05, 0) is 49.0 Å². The van der Waals surface area contributed by atoms with Gasteiger partial charge >= 0.3 is 5.97 Å². The summed E-state index contributed by atoms with van der Waals surface area (Å²) in [6.45, 7) is 5.56. The quantitative estimate of drug-likeness (QED) is 0.309. The van der Waals surface area contributed by atoms with Crippen LogP contribution in [0.4, 0.5) is 0 Å². The molecule has 1 aromatic carbocycles. The second-order valence-electron chi connectivity index (χ2n) is 7.14. The molecule has 28 heavy (non-hydrogen) atoms. The van der Waals surface area contributed by atoms with Crippen molar-refractivity contribution in [2.24, 2.45) is 5.92 Å². The number of benzene rings is 1. The van der Waals surface area contributed by atoms with Crippen LogP contribution < -0.4 is 4.74 Å². The number of aliphatic carboxylic acids is 1. The van der Waals surface area contributed by atoms with Gasteiger partial charge in [-0.3, -0.25) is 14.5 Å². The van der Waals surface area contributed by atoms with Gasteiger partial charge in [-0.15, -0.1) is 0 Å². The van der Waals surface area contributed by atoms with Gasteiger partial charge in [0.2, 0.25) is 0 Å². The molecule has 1 amide bonds. The number of carbonyl (C=O) groups excluding carboxylic acids is 1. The van der Waals surface area contributed by atoms with Crippen molar-refractivity contribution in [3.05, 3.63) is 34.7 Å². The highest BCUT2D eigenvalue weighted by molar-refractivity contribution is 8.26. The summed E-state index contributed by atoms with van der Waals surface area (Å²) in [7, 11) is 0. The lowest BCUT2D eigenvalue weighted by Crippen LogP contribution is -2.29. The normalized spacial score (nSPS) is 15.7. The topological polar surface area (TPSA) is 66.8 Å². The summed E-state index contributed by atoms with van der Waals surface area (Å²) in [4.78, 5) is 25.4. The highest BCUT2D eigenvalue weighted by Gasteiger charge is 2.31. The van der Waals surface area contributed by atoms with E-state index >= 15 is 0 Å². The van der Waals surface area contributed by atoms with Gasteiger partial charge in [0.15, 0.2) is 0 Å². The van der Waals surface area contributed by atoms with Crippen LogP contribution in [0.25, 0.3) is 6.08 Å². The largest absolute Gasteiger partial charge is 0.494 e. The first kappa shape index (κ1) is 22.4. The summed E-state index contributed by atoms with van der Waals surface area (Å²) in [5.41, 5.74) is 0.929. The monoisotopic (exact) mass is 421 g/mol. The maximum atomic E-state index is 12.6. The highest BCUT2D eigenvalue weighted by Crippen LogP contribution is 2.33. The van der Waals surface area contributed by atoms with Crippen molar-refractivity contribution >= 4 is 46.3 Å². The number of hydrogen-bond acceptors (Lipinski definition) is 5. The number of ether oxygens (including phenoxy) is 1. The van der Waals surface area contributed by atoms with E-state index in [0.717, 1.165) is 30.6 Å². The molecule has 0 saturated carbocycles. The van der Waals surface area contributed by atoms with E-state index in [4.69, 9.17) is 22.1 Å². The molecule has 1 heterocycles. The lowest BCUT2D eigenvalue weighted by atomic mass is 10.1. The van der Waals surface area contributed by atoms with E-state index in [1.54, 1.807) is 4.90 Å². The summed E-state index contributed by atoms with van der Waals surface area (Å²) in [5, 5.41) is 8.66. The fourth-order valence-electron chi connectivity index (χ4n) is 2.64. The average molecular weight is 422 g/mol. The van der Waals surface area contributed by atoms with Crippen LogP contribution in [0.1, 0.15) is 51.5 Å². The van der Waals surface area contributed by atoms with Gasteiger partial charge in [0.1, 0.15) is 10.1 Å². The van der Waals surface area contributed by atoms with Crippen molar-refractivity contribution < 1.29 is 19.4 Å². The predicted molar refractivity (Wildman–Crippen MR) is 117 cm³/mol. The number of thioether (sulfide) groups is 1. The Morgan fingerprint density at radius 2 is 1.96 bits per heavy atom. The van der Waals surface area contributed by atoms with Crippen LogP contribution in [0.15, 0.2) is 29.2 Å². The maximum absolute atomic E-state index is 12.6. The molecule has 1 N–H and O–H groups in total. The Morgan fingerprint density at radius 1 is 1.25 bits per heavy atom. The van der Waals surface area contributed by atoms with E-state index in [1.807, 2.05) is 30.3 Å². The number of unbranched alkanes of at least 4 members (excludes halogenated alkanes) is 2. The van der Waals surface area contributed by atoms with E-state index in [-0.39, 0.29) is 12.3 Å². The molecule has 5 nitrogen and oxygen atoms in total. The van der Waals surface area contributed by atoms with Crippen LogP contribution >= 0.6 is 24.0 Å². The molecule has 0 radical (unpaired) electrons. The van der Waals surface area contributed by atoms with Gasteiger partial charge in [0, 0.05) is 13.0 Å². The Bertz CT molecular complexity index is 728. The molecule has 1 aliphatic rings. The Hall–Kier alpha value is -1.86. The zero-order valence-corrected chi connectivity index (χ0v) is 18.0. The van der Waals surface area contributed by atoms with Gasteiger partial charge < -0.3 is 9.84 Å². The molecule has 1 aliphatic heterocycles. The van der Waals surface area contributed by atoms with Crippen molar-refractivity contribution in [2.45, 2.75) is 46.0 Å². The van der Waals surface area contributed by atoms with E-state index in [1.165, 1.54) is 11.8 Å². The van der Waals surface area contributed by atoms with Crippen LogP contribution in [-0.4, -0.2) is 39.4 Å². The molecular formula is C21H27NO4S2. The summed E-state index contributed by atoms with van der Waals surface area (Å²) in [6.07, 6.45) is 5.15. The van der Waals surface area contributed by atoms with Crippen LogP contribution in [0.3, 0.4) is 0 Å². The minimum absolute atomic E-state index is 0.0782. The molecule has 1 fully saturated rings. The molecule has 0 aromatic heterocycles. The number of carboxylic acids is 1. The van der Waals surface area contributed by atoms with Gasteiger partial charge in [-0.2, -0.15) is 0 Å². The Labute approximate surface area is 176 Å². The molecule has 0 aliphatic carbocycles. The Balaban J connectivity index is 1.87. The van der Waals surface area contributed by atoms with E-state index in [0.29, 0.717) is 34.7 Å².